The summed E-state index contributed by atoms with van der Waals surface area (Å²) in [6.45, 7) is 4.90. The van der Waals surface area contributed by atoms with Gasteiger partial charge in [-0.2, -0.15) is 5.10 Å². The zero-order valence-electron chi connectivity index (χ0n) is 16.5. The number of nitrogens with zero attached hydrogens (tertiary/aromatic N) is 4. The number of pyridine rings is 1. The fraction of sp³-hybridized carbons (Fsp3) is 0.200. The minimum absolute atomic E-state index is 0.190. The summed E-state index contributed by atoms with van der Waals surface area (Å²) < 4.78 is 3.06. The maximum atomic E-state index is 13.2. The van der Waals surface area contributed by atoms with Gasteiger partial charge in [-0.1, -0.05) is 27.5 Å². The molecule has 1 N–H and O–H groups in total. The molecule has 0 saturated heterocycles. The highest BCUT2D eigenvalue weighted by atomic mass is 79.9. The normalized spacial score (nSPS) is 10.8. The number of hydrogen-bond donors (Lipinski definition) is 1. The molecule has 0 unspecified atom stereocenters. The zero-order valence-corrected chi connectivity index (χ0v) is 22.0. The molecule has 11 heteroatoms. The maximum absolute atomic E-state index is 13.2. The van der Waals surface area contributed by atoms with Gasteiger partial charge in [0.25, 0.3) is 11.8 Å². The Morgan fingerprint density at radius 2 is 1.87 bits per heavy atom. The number of rotatable bonds is 6. The van der Waals surface area contributed by atoms with E-state index in [1.807, 2.05) is 13.8 Å². The van der Waals surface area contributed by atoms with Crippen molar-refractivity contribution in [2.75, 3.05) is 18.4 Å². The minimum atomic E-state index is -0.475. The third-order valence-electron chi connectivity index (χ3n) is 4.43. The molecule has 162 valence electrons. The molecule has 0 atom stereocenters. The van der Waals surface area contributed by atoms with E-state index in [0.717, 1.165) is 0 Å². The molecule has 0 fully saturated rings. The predicted octanol–water partition coefficient (Wildman–Crippen LogP) is 5.94. The summed E-state index contributed by atoms with van der Waals surface area (Å²) in [6, 6.07) is 8.35. The van der Waals surface area contributed by atoms with Gasteiger partial charge >= 0.3 is 0 Å². The summed E-state index contributed by atoms with van der Waals surface area (Å²) in [7, 11) is 0. The van der Waals surface area contributed by atoms with Gasteiger partial charge in [-0.05, 0) is 70.0 Å². The second-order valence-corrected chi connectivity index (χ2v) is 9.30. The van der Waals surface area contributed by atoms with Crippen LogP contribution < -0.4 is 5.32 Å². The molecule has 0 aliphatic rings. The molecule has 2 aromatic heterocycles. The zero-order chi connectivity index (χ0) is 22.7. The molecule has 31 heavy (non-hydrogen) atoms. The Kier molecular flexibility index (Phi) is 7.90. The van der Waals surface area contributed by atoms with Gasteiger partial charge in [0.05, 0.1) is 16.3 Å². The average Bonchev–Trinajstić information content (AvgIpc) is 3.12. The summed E-state index contributed by atoms with van der Waals surface area (Å²) in [5.74, 6) is -0.351. The lowest BCUT2D eigenvalue weighted by atomic mass is 10.1. The van der Waals surface area contributed by atoms with Crippen molar-refractivity contribution in [1.82, 2.24) is 19.7 Å². The quantitative estimate of drug-likeness (QED) is 0.364. The molecule has 0 radical (unpaired) electrons. The van der Waals surface area contributed by atoms with Crippen LogP contribution in [0.2, 0.25) is 5.02 Å². The first-order valence-electron chi connectivity index (χ1n) is 9.22. The molecule has 7 nitrogen and oxygen atoms in total. The molecule has 0 saturated carbocycles. The van der Waals surface area contributed by atoms with E-state index < -0.39 is 5.91 Å². The summed E-state index contributed by atoms with van der Waals surface area (Å²) in [6.07, 6.45) is 1.56. The maximum Gasteiger partial charge on any atom is 0.274 e. The Morgan fingerprint density at radius 3 is 2.52 bits per heavy atom. The van der Waals surface area contributed by atoms with Crippen LogP contribution in [0.15, 0.2) is 50.1 Å². The van der Waals surface area contributed by atoms with Crippen molar-refractivity contribution in [3.05, 3.63) is 66.4 Å². The Hall–Kier alpha value is -1.75. The molecule has 2 heterocycles. The van der Waals surface area contributed by atoms with Gasteiger partial charge in [-0.3, -0.25) is 9.59 Å². The number of nitrogens with one attached hydrogen (secondary N) is 1. The predicted molar refractivity (Wildman–Crippen MR) is 131 cm³/mol. The second kappa shape index (κ2) is 10.2. The van der Waals surface area contributed by atoms with E-state index in [2.05, 4.69) is 63.2 Å². The van der Waals surface area contributed by atoms with Crippen molar-refractivity contribution < 1.29 is 9.59 Å². The van der Waals surface area contributed by atoms with Gasteiger partial charge in [-0.15, -0.1) is 0 Å². The minimum Gasteiger partial charge on any atom is -0.339 e. The highest BCUT2D eigenvalue weighted by Gasteiger charge is 2.24. The van der Waals surface area contributed by atoms with Crippen LogP contribution in [0, 0.1) is 0 Å². The van der Waals surface area contributed by atoms with E-state index in [-0.39, 0.29) is 11.6 Å². The van der Waals surface area contributed by atoms with E-state index in [1.165, 1.54) is 4.68 Å². The monoisotopic (exact) mass is 631 g/mol. The number of benzene rings is 1. The number of carbonyl (C=O) groups excluding carboxylic acids is 2. The first kappa shape index (κ1) is 23.9. The molecular weight excluding hydrogens is 617 g/mol. The van der Waals surface area contributed by atoms with Crippen LogP contribution in [-0.2, 0) is 0 Å². The third-order valence-corrected chi connectivity index (χ3v) is 6.19. The summed E-state index contributed by atoms with van der Waals surface area (Å²) >= 11 is 16.4. The van der Waals surface area contributed by atoms with Gasteiger partial charge in [0.2, 0.25) is 0 Å². The molecule has 0 aliphatic carbocycles. The number of carbonyl (C=O) groups is 2. The Morgan fingerprint density at radius 1 is 1.16 bits per heavy atom. The Labute approximate surface area is 209 Å². The molecule has 0 bridgehead atoms. The summed E-state index contributed by atoms with van der Waals surface area (Å²) in [5.41, 5.74) is 0.920. The third kappa shape index (κ3) is 5.19. The van der Waals surface area contributed by atoms with E-state index in [0.29, 0.717) is 48.7 Å². The SMILES string of the molecule is CCN(CC)C(=O)c1cc(Br)cc(Br)c1NC(=O)c1cc(Br)nn1-c1ncccc1Cl. The van der Waals surface area contributed by atoms with Crippen molar-refractivity contribution in [1.29, 1.82) is 0 Å². The first-order chi connectivity index (χ1) is 14.8. The van der Waals surface area contributed by atoms with Crippen LogP contribution in [0.5, 0.6) is 0 Å². The van der Waals surface area contributed by atoms with Crippen LogP contribution in [0.25, 0.3) is 5.82 Å². The largest absolute Gasteiger partial charge is 0.339 e. The lowest BCUT2D eigenvalue weighted by Crippen LogP contribution is -2.31. The molecule has 0 spiro atoms. The Balaban J connectivity index is 2.04. The summed E-state index contributed by atoms with van der Waals surface area (Å²) in [4.78, 5) is 32.2. The van der Waals surface area contributed by atoms with E-state index in [9.17, 15) is 9.59 Å². The first-order valence-corrected chi connectivity index (χ1v) is 12.0. The van der Waals surface area contributed by atoms with Gasteiger partial charge in [0.1, 0.15) is 10.3 Å². The molecule has 0 aliphatic heterocycles. The highest BCUT2D eigenvalue weighted by molar-refractivity contribution is 9.11. The van der Waals surface area contributed by atoms with Crippen LogP contribution in [0.4, 0.5) is 5.69 Å². The van der Waals surface area contributed by atoms with Crippen molar-refractivity contribution in [3.63, 3.8) is 0 Å². The van der Waals surface area contributed by atoms with Crippen LogP contribution in [-0.4, -0.2) is 44.6 Å². The van der Waals surface area contributed by atoms with Gasteiger partial charge in [0, 0.05) is 34.3 Å². The lowest BCUT2D eigenvalue weighted by Gasteiger charge is -2.21. The number of anilines is 1. The molecule has 3 rings (SSSR count). The lowest BCUT2D eigenvalue weighted by molar-refractivity contribution is 0.0774. The van der Waals surface area contributed by atoms with Crippen molar-refractivity contribution >= 4 is 76.9 Å². The fourth-order valence-corrected chi connectivity index (χ4v) is 4.84. The van der Waals surface area contributed by atoms with E-state index in [4.69, 9.17) is 11.6 Å². The fourth-order valence-electron chi connectivity index (χ4n) is 2.94. The van der Waals surface area contributed by atoms with Crippen LogP contribution in [0.1, 0.15) is 34.7 Å². The van der Waals surface area contributed by atoms with Gasteiger partial charge in [-0.25, -0.2) is 9.67 Å². The van der Waals surface area contributed by atoms with E-state index >= 15 is 0 Å². The molecule has 2 amide bonds. The number of halogens is 4. The average molecular weight is 635 g/mol. The second-order valence-electron chi connectivity index (χ2n) is 6.31. The number of aromatic nitrogens is 3. The molecule has 3 aromatic rings. The van der Waals surface area contributed by atoms with E-state index in [1.54, 1.807) is 41.4 Å². The standard InChI is InChI=1S/C20H17Br3ClN5O2/c1-3-28(4-2)20(31)12-8-11(21)9-13(22)17(12)26-19(30)15-10-16(23)27-29(15)18-14(24)6-5-7-25-18/h5-10H,3-4H2,1-2H3,(H,26,30). The number of amides is 2. The van der Waals surface area contributed by atoms with Crippen molar-refractivity contribution in [3.8, 4) is 5.82 Å². The van der Waals surface area contributed by atoms with Gasteiger partial charge < -0.3 is 10.2 Å². The van der Waals surface area contributed by atoms with Crippen LogP contribution in [0.3, 0.4) is 0 Å². The van der Waals surface area contributed by atoms with Crippen LogP contribution >= 0.6 is 59.4 Å². The Bertz CT molecular complexity index is 1150. The highest BCUT2D eigenvalue weighted by Crippen LogP contribution is 2.32. The topological polar surface area (TPSA) is 80.1 Å². The summed E-state index contributed by atoms with van der Waals surface area (Å²) in [5, 5.41) is 7.47. The molecule has 1 aromatic carbocycles. The van der Waals surface area contributed by atoms with Gasteiger partial charge in [0.15, 0.2) is 5.82 Å². The smallest absolute Gasteiger partial charge is 0.274 e. The number of hydrogen-bond acceptors (Lipinski definition) is 4. The van der Waals surface area contributed by atoms with Crippen molar-refractivity contribution in [2.45, 2.75) is 13.8 Å². The molecular formula is C20H17Br3ClN5O2. The van der Waals surface area contributed by atoms with Crippen molar-refractivity contribution in [2.24, 2.45) is 0 Å².